The molecule has 0 spiro atoms. The number of nitriles is 1. The van der Waals surface area contributed by atoms with Crippen molar-refractivity contribution in [2.45, 2.75) is 6.61 Å². The summed E-state index contributed by atoms with van der Waals surface area (Å²) in [5.41, 5.74) is 1.45. The zero-order chi connectivity index (χ0) is 23.6. The predicted molar refractivity (Wildman–Crippen MR) is 118 cm³/mol. The molecule has 0 atom stereocenters. The second kappa shape index (κ2) is 11.2. The van der Waals surface area contributed by atoms with Crippen LogP contribution in [0.25, 0.3) is 5.57 Å². The first-order valence-electron chi connectivity index (χ1n) is 9.70. The highest BCUT2D eigenvalue weighted by molar-refractivity contribution is 6.17. The molecule has 2 aromatic carbocycles. The maximum Gasteiger partial charge on any atom is 0.342 e. The predicted octanol–water partition coefficient (Wildman–Crippen LogP) is 3.89. The van der Waals surface area contributed by atoms with Crippen molar-refractivity contribution >= 4 is 11.5 Å². The lowest BCUT2D eigenvalue weighted by molar-refractivity contribution is -0.133. The molecule has 33 heavy (non-hydrogen) atoms. The van der Waals surface area contributed by atoms with Gasteiger partial charge in [0, 0.05) is 0 Å². The van der Waals surface area contributed by atoms with Gasteiger partial charge >= 0.3 is 5.97 Å². The Labute approximate surface area is 190 Å². The molecule has 0 aliphatic carbocycles. The van der Waals surface area contributed by atoms with Crippen molar-refractivity contribution < 1.29 is 28.5 Å². The van der Waals surface area contributed by atoms with Crippen molar-refractivity contribution in [2.24, 2.45) is 0 Å². The fourth-order valence-corrected chi connectivity index (χ4v) is 2.91. The van der Waals surface area contributed by atoms with Crippen LogP contribution in [0.1, 0.15) is 16.7 Å². The van der Waals surface area contributed by atoms with Gasteiger partial charge in [-0.05, 0) is 29.8 Å². The number of benzene rings is 2. The van der Waals surface area contributed by atoms with E-state index in [2.05, 4.69) is 16.0 Å². The Bertz CT molecular complexity index is 1200. The number of esters is 1. The molecule has 0 saturated carbocycles. The van der Waals surface area contributed by atoms with Crippen LogP contribution in [0.2, 0.25) is 0 Å². The third-order valence-corrected chi connectivity index (χ3v) is 4.40. The molecule has 9 heteroatoms. The first-order valence-corrected chi connectivity index (χ1v) is 9.70. The number of nitrogens with zero attached hydrogens (tertiary/aromatic N) is 3. The lowest BCUT2D eigenvalue weighted by Crippen LogP contribution is -2.09. The molecule has 1 heterocycles. The third kappa shape index (κ3) is 5.57. The van der Waals surface area contributed by atoms with Gasteiger partial charge in [-0.15, -0.1) is 0 Å². The van der Waals surface area contributed by atoms with Gasteiger partial charge in [0.05, 0.1) is 33.2 Å². The van der Waals surface area contributed by atoms with Crippen LogP contribution in [0, 0.1) is 11.3 Å². The van der Waals surface area contributed by atoms with Crippen LogP contribution in [0.4, 0.5) is 0 Å². The van der Waals surface area contributed by atoms with Gasteiger partial charge in [-0.3, -0.25) is 0 Å². The number of ether oxygens (including phenoxy) is 5. The fourth-order valence-electron chi connectivity index (χ4n) is 2.91. The Hall–Kier alpha value is -4.58. The van der Waals surface area contributed by atoms with Crippen LogP contribution < -0.4 is 14.2 Å². The molecule has 1 aromatic heterocycles. The maximum atomic E-state index is 12.3. The Morgan fingerprint density at radius 1 is 1.06 bits per heavy atom. The first kappa shape index (κ1) is 23.1. The largest absolute Gasteiger partial charge is 0.503 e. The van der Waals surface area contributed by atoms with Crippen molar-refractivity contribution in [3.8, 4) is 29.3 Å². The molecular weight excluding hydrogens is 426 g/mol. The molecule has 0 N–H and O–H groups in total. The van der Waals surface area contributed by atoms with E-state index in [0.29, 0.717) is 17.1 Å². The van der Waals surface area contributed by atoms with Gasteiger partial charge < -0.3 is 23.7 Å². The van der Waals surface area contributed by atoms with Crippen LogP contribution in [0.5, 0.6) is 23.3 Å². The Morgan fingerprint density at radius 3 is 2.58 bits per heavy atom. The number of carbonyl (C=O) groups excluding carboxylic acids is 1. The van der Waals surface area contributed by atoms with Crippen molar-refractivity contribution in [2.75, 3.05) is 21.3 Å². The molecule has 0 saturated heterocycles. The van der Waals surface area contributed by atoms with Crippen LogP contribution in [-0.4, -0.2) is 37.3 Å². The van der Waals surface area contributed by atoms with Crippen molar-refractivity contribution in [3.05, 3.63) is 77.8 Å². The minimum atomic E-state index is -0.673. The summed E-state index contributed by atoms with van der Waals surface area (Å²) in [5.74, 6) is 0.438. The van der Waals surface area contributed by atoms with E-state index < -0.39 is 5.97 Å². The zero-order valence-electron chi connectivity index (χ0n) is 18.3. The molecule has 0 unspecified atom stereocenters. The minimum absolute atomic E-state index is 0.0278. The van der Waals surface area contributed by atoms with Crippen LogP contribution in [0.15, 0.2) is 61.1 Å². The van der Waals surface area contributed by atoms with Crippen molar-refractivity contribution in [1.82, 2.24) is 9.97 Å². The topological polar surface area (TPSA) is 113 Å². The molecule has 3 rings (SSSR count). The second-order valence-corrected chi connectivity index (χ2v) is 6.47. The summed E-state index contributed by atoms with van der Waals surface area (Å²) in [4.78, 5) is 20.5. The standard InChI is InChI=1S/C24H21N3O6/c1-29-14-19(24(28)31-3)21-22(30-2)26-15-27-23(21)33-18-9-6-7-16(11-18)13-32-20-10-5-4-8-17(20)12-25/h4-11,14-15H,13H2,1-3H3/b19-14-. The van der Waals surface area contributed by atoms with Gasteiger partial charge in [0.25, 0.3) is 0 Å². The van der Waals surface area contributed by atoms with E-state index in [1.54, 1.807) is 42.5 Å². The summed E-state index contributed by atoms with van der Waals surface area (Å²) in [6, 6.07) is 16.2. The summed E-state index contributed by atoms with van der Waals surface area (Å²) in [6.07, 6.45) is 2.46. The summed E-state index contributed by atoms with van der Waals surface area (Å²) < 4.78 is 26.9. The second-order valence-electron chi connectivity index (χ2n) is 6.47. The number of hydrogen-bond donors (Lipinski definition) is 0. The van der Waals surface area contributed by atoms with Crippen LogP contribution in [-0.2, 0) is 20.9 Å². The van der Waals surface area contributed by atoms with Crippen LogP contribution >= 0.6 is 0 Å². The number of methoxy groups -OCH3 is 3. The van der Waals surface area contributed by atoms with E-state index in [1.807, 2.05) is 6.07 Å². The SMILES string of the molecule is CO/C=C(\C(=O)OC)c1c(OC)ncnc1Oc1cccc(COc2ccccc2C#N)c1. The summed E-state index contributed by atoms with van der Waals surface area (Å²) in [6.45, 7) is 0.215. The summed E-state index contributed by atoms with van der Waals surface area (Å²) in [5, 5.41) is 9.21. The number of hydrogen-bond acceptors (Lipinski definition) is 9. The smallest absolute Gasteiger partial charge is 0.342 e. The average Bonchev–Trinajstić information content (AvgIpc) is 2.86. The highest BCUT2D eigenvalue weighted by atomic mass is 16.5. The first-order chi connectivity index (χ1) is 16.1. The Kier molecular flexibility index (Phi) is 7.81. The van der Waals surface area contributed by atoms with Gasteiger partial charge in [0.2, 0.25) is 11.8 Å². The third-order valence-electron chi connectivity index (χ3n) is 4.40. The number of carbonyl (C=O) groups is 1. The normalized spacial score (nSPS) is 10.7. The Morgan fingerprint density at radius 2 is 1.85 bits per heavy atom. The number of para-hydroxylation sites is 1. The lowest BCUT2D eigenvalue weighted by Gasteiger charge is -2.14. The lowest BCUT2D eigenvalue weighted by atomic mass is 10.1. The van der Waals surface area contributed by atoms with E-state index >= 15 is 0 Å². The Balaban J connectivity index is 1.89. The van der Waals surface area contributed by atoms with Gasteiger partial charge in [-0.1, -0.05) is 24.3 Å². The molecule has 0 amide bonds. The maximum absolute atomic E-state index is 12.3. The zero-order valence-corrected chi connectivity index (χ0v) is 18.3. The van der Waals surface area contributed by atoms with Gasteiger partial charge in [0.15, 0.2) is 0 Å². The average molecular weight is 447 g/mol. The molecule has 0 aliphatic heterocycles. The molecule has 0 aliphatic rings. The van der Waals surface area contributed by atoms with E-state index in [4.69, 9.17) is 23.7 Å². The van der Waals surface area contributed by atoms with Gasteiger partial charge in [-0.2, -0.15) is 5.26 Å². The molecule has 0 fully saturated rings. The van der Waals surface area contributed by atoms with Crippen LogP contribution in [0.3, 0.4) is 0 Å². The van der Waals surface area contributed by atoms with Gasteiger partial charge in [0.1, 0.15) is 41.6 Å². The summed E-state index contributed by atoms with van der Waals surface area (Å²) in [7, 11) is 4.05. The van der Waals surface area contributed by atoms with E-state index in [1.165, 1.54) is 33.9 Å². The van der Waals surface area contributed by atoms with E-state index in [-0.39, 0.29) is 29.5 Å². The quantitative estimate of drug-likeness (QED) is 0.274. The van der Waals surface area contributed by atoms with Crippen molar-refractivity contribution in [3.63, 3.8) is 0 Å². The fraction of sp³-hybridized carbons (Fsp3) is 0.167. The molecule has 0 bridgehead atoms. The summed E-state index contributed by atoms with van der Waals surface area (Å²) >= 11 is 0. The molecular formula is C24H21N3O6. The molecule has 3 aromatic rings. The number of aromatic nitrogens is 2. The monoisotopic (exact) mass is 447 g/mol. The van der Waals surface area contributed by atoms with E-state index in [0.717, 1.165) is 5.56 Å². The highest BCUT2D eigenvalue weighted by Crippen LogP contribution is 2.35. The molecule has 0 radical (unpaired) electrons. The van der Waals surface area contributed by atoms with Gasteiger partial charge in [-0.25, -0.2) is 14.8 Å². The van der Waals surface area contributed by atoms with Crippen molar-refractivity contribution in [1.29, 1.82) is 5.26 Å². The molecule has 9 nitrogen and oxygen atoms in total. The highest BCUT2D eigenvalue weighted by Gasteiger charge is 2.25. The van der Waals surface area contributed by atoms with E-state index in [9.17, 15) is 10.1 Å². The minimum Gasteiger partial charge on any atom is -0.503 e. The number of rotatable bonds is 9. The molecule has 168 valence electrons.